The van der Waals surface area contributed by atoms with Gasteiger partial charge >= 0.3 is 0 Å². The standard InChI is InChI=1S/C21H31N3O4S/c1-2-14-29(26,27)24-8-3-4-19(24)21(25)23-11-9-22(10-12-23)16-17-5-6-20-18(15-17)7-13-28-20/h5-6,15,19H,2-4,7-14,16H2,1H3. The number of carbonyl (C=O) groups excluding carboxylic acids is 1. The Balaban J connectivity index is 1.32. The van der Waals surface area contributed by atoms with Crippen LogP contribution in [-0.2, 0) is 27.8 Å². The minimum absolute atomic E-state index is 0.0171. The molecule has 0 radical (unpaired) electrons. The van der Waals surface area contributed by atoms with Crippen molar-refractivity contribution in [2.24, 2.45) is 0 Å². The fourth-order valence-corrected chi connectivity index (χ4v) is 6.37. The Morgan fingerprint density at radius 1 is 1.17 bits per heavy atom. The molecule has 2 fully saturated rings. The van der Waals surface area contributed by atoms with E-state index in [9.17, 15) is 13.2 Å². The van der Waals surface area contributed by atoms with Crippen LogP contribution >= 0.6 is 0 Å². The molecule has 0 saturated carbocycles. The summed E-state index contributed by atoms with van der Waals surface area (Å²) in [4.78, 5) is 17.3. The van der Waals surface area contributed by atoms with Crippen LogP contribution in [0.15, 0.2) is 18.2 Å². The first-order chi connectivity index (χ1) is 14.0. The van der Waals surface area contributed by atoms with E-state index in [1.54, 1.807) is 0 Å². The first-order valence-electron chi connectivity index (χ1n) is 10.7. The Bertz CT molecular complexity index is 849. The molecule has 0 spiro atoms. The van der Waals surface area contributed by atoms with Crippen molar-refractivity contribution in [3.05, 3.63) is 29.3 Å². The number of fused-ring (bicyclic) bond motifs is 1. The molecule has 4 rings (SSSR count). The lowest BCUT2D eigenvalue weighted by molar-refractivity contribution is -0.136. The van der Waals surface area contributed by atoms with Crippen molar-refractivity contribution in [2.45, 2.75) is 45.2 Å². The summed E-state index contributed by atoms with van der Waals surface area (Å²) < 4.78 is 32.0. The van der Waals surface area contributed by atoms with Crippen LogP contribution in [0.25, 0.3) is 0 Å². The highest BCUT2D eigenvalue weighted by Crippen LogP contribution is 2.27. The lowest BCUT2D eigenvalue weighted by Crippen LogP contribution is -2.54. The summed E-state index contributed by atoms with van der Waals surface area (Å²) in [7, 11) is -3.33. The van der Waals surface area contributed by atoms with E-state index in [0.717, 1.165) is 44.8 Å². The second kappa shape index (κ2) is 8.62. The predicted molar refractivity (Wildman–Crippen MR) is 111 cm³/mol. The molecule has 0 bridgehead atoms. The van der Waals surface area contributed by atoms with Gasteiger partial charge in [-0.05, 0) is 36.5 Å². The Kier molecular flexibility index (Phi) is 6.13. The molecule has 3 aliphatic heterocycles. The molecule has 2 saturated heterocycles. The molecular formula is C21H31N3O4S. The zero-order valence-corrected chi connectivity index (χ0v) is 18.0. The maximum absolute atomic E-state index is 13.0. The minimum atomic E-state index is -3.33. The molecule has 29 heavy (non-hydrogen) atoms. The van der Waals surface area contributed by atoms with Crippen LogP contribution in [0, 0.1) is 0 Å². The van der Waals surface area contributed by atoms with Gasteiger partial charge in [-0.15, -0.1) is 0 Å². The third-order valence-corrected chi connectivity index (χ3v) is 8.23. The van der Waals surface area contributed by atoms with Crippen molar-refractivity contribution in [2.75, 3.05) is 45.1 Å². The number of sulfonamides is 1. The number of nitrogens with zero attached hydrogens (tertiary/aromatic N) is 3. The molecule has 3 aliphatic rings. The summed E-state index contributed by atoms with van der Waals surface area (Å²) in [5, 5.41) is 0. The van der Waals surface area contributed by atoms with Crippen LogP contribution in [0.5, 0.6) is 5.75 Å². The van der Waals surface area contributed by atoms with E-state index < -0.39 is 16.1 Å². The Morgan fingerprint density at radius 3 is 2.72 bits per heavy atom. The van der Waals surface area contributed by atoms with Crippen molar-refractivity contribution in [1.82, 2.24) is 14.1 Å². The summed E-state index contributed by atoms with van der Waals surface area (Å²) in [6.07, 6.45) is 2.96. The number of amides is 1. The molecule has 0 aromatic heterocycles. The highest BCUT2D eigenvalue weighted by atomic mass is 32.2. The van der Waals surface area contributed by atoms with E-state index >= 15 is 0 Å². The zero-order chi connectivity index (χ0) is 20.4. The predicted octanol–water partition coefficient (Wildman–Crippen LogP) is 1.47. The SMILES string of the molecule is CCCS(=O)(=O)N1CCCC1C(=O)N1CCN(Cc2ccc3c(c2)CCO3)CC1. The lowest BCUT2D eigenvalue weighted by Gasteiger charge is -2.37. The molecule has 7 nitrogen and oxygen atoms in total. The number of rotatable bonds is 6. The van der Waals surface area contributed by atoms with Crippen LogP contribution in [0.1, 0.15) is 37.3 Å². The second-order valence-corrected chi connectivity index (χ2v) is 10.3. The van der Waals surface area contributed by atoms with Gasteiger partial charge in [-0.25, -0.2) is 8.42 Å². The number of carbonyl (C=O) groups is 1. The molecule has 1 amide bonds. The summed E-state index contributed by atoms with van der Waals surface area (Å²) in [6, 6.07) is 5.91. The Hall–Kier alpha value is -1.64. The average molecular weight is 422 g/mol. The van der Waals surface area contributed by atoms with E-state index in [1.165, 1.54) is 15.4 Å². The van der Waals surface area contributed by atoms with E-state index in [0.29, 0.717) is 32.5 Å². The fourth-order valence-electron chi connectivity index (χ4n) is 4.63. The minimum Gasteiger partial charge on any atom is -0.493 e. The topological polar surface area (TPSA) is 70.2 Å². The van der Waals surface area contributed by atoms with Crippen LogP contribution in [-0.4, -0.2) is 79.6 Å². The maximum Gasteiger partial charge on any atom is 0.241 e. The summed E-state index contributed by atoms with van der Waals surface area (Å²) in [6.45, 7) is 6.91. The van der Waals surface area contributed by atoms with Gasteiger partial charge in [0.05, 0.1) is 12.4 Å². The number of hydrogen-bond donors (Lipinski definition) is 0. The number of hydrogen-bond acceptors (Lipinski definition) is 5. The second-order valence-electron chi connectivity index (χ2n) is 8.23. The first-order valence-corrected chi connectivity index (χ1v) is 12.3. The van der Waals surface area contributed by atoms with Gasteiger partial charge in [0.15, 0.2) is 0 Å². The first kappa shape index (κ1) is 20.6. The van der Waals surface area contributed by atoms with Gasteiger partial charge in [0.2, 0.25) is 15.9 Å². The molecule has 1 atom stereocenters. The number of piperazine rings is 1. The van der Waals surface area contributed by atoms with Gasteiger partial charge in [0.1, 0.15) is 11.8 Å². The van der Waals surface area contributed by atoms with Crippen molar-refractivity contribution < 1.29 is 17.9 Å². The molecule has 3 heterocycles. The third-order valence-electron chi connectivity index (χ3n) is 6.15. The van der Waals surface area contributed by atoms with Gasteiger partial charge < -0.3 is 9.64 Å². The fraction of sp³-hybridized carbons (Fsp3) is 0.667. The summed E-state index contributed by atoms with van der Waals surface area (Å²) in [5.74, 6) is 1.11. The Morgan fingerprint density at radius 2 is 1.97 bits per heavy atom. The van der Waals surface area contributed by atoms with E-state index in [1.807, 2.05) is 11.8 Å². The molecule has 1 unspecified atom stereocenters. The lowest BCUT2D eigenvalue weighted by atomic mass is 10.1. The highest BCUT2D eigenvalue weighted by Gasteiger charge is 2.40. The van der Waals surface area contributed by atoms with Gasteiger partial charge in [0.25, 0.3) is 0 Å². The Labute approximate surface area is 173 Å². The highest BCUT2D eigenvalue weighted by molar-refractivity contribution is 7.89. The van der Waals surface area contributed by atoms with Crippen molar-refractivity contribution in [3.8, 4) is 5.75 Å². The van der Waals surface area contributed by atoms with Gasteiger partial charge in [0, 0.05) is 45.7 Å². The molecule has 0 aliphatic carbocycles. The van der Waals surface area contributed by atoms with E-state index in [4.69, 9.17) is 4.74 Å². The maximum atomic E-state index is 13.0. The number of benzene rings is 1. The molecular weight excluding hydrogens is 390 g/mol. The molecule has 1 aromatic carbocycles. The summed E-state index contributed by atoms with van der Waals surface area (Å²) in [5.41, 5.74) is 2.56. The summed E-state index contributed by atoms with van der Waals surface area (Å²) >= 11 is 0. The molecule has 1 aromatic rings. The molecule has 8 heteroatoms. The quantitative estimate of drug-likeness (QED) is 0.696. The van der Waals surface area contributed by atoms with Crippen molar-refractivity contribution in [3.63, 3.8) is 0 Å². The number of ether oxygens (including phenoxy) is 1. The van der Waals surface area contributed by atoms with Gasteiger partial charge in [-0.3, -0.25) is 9.69 Å². The third kappa shape index (κ3) is 4.44. The smallest absolute Gasteiger partial charge is 0.241 e. The van der Waals surface area contributed by atoms with Gasteiger partial charge in [-0.1, -0.05) is 19.1 Å². The van der Waals surface area contributed by atoms with E-state index in [2.05, 4.69) is 23.1 Å². The van der Waals surface area contributed by atoms with Crippen LogP contribution < -0.4 is 4.74 Å². The normalized spacial score (nSPS) is 23.2. The van der Waals surface area contributed by atoms with Crippen LogP contribution in [0.2, 0.25) is 0 Å². The molecule has 0 N–H and O–H groups in total. The van der Waals surface area contributed by atoms with Crippen LogP contribution in [0.3, 0.4) is 0 Å². The zero-order valence-electron chi connectivity index (χ0n) is 17.2. The van der Waals surface area contributed by atoms with Crippen molar-refractivity contribution in [1.29, 1.82) is 0 Å². The van der Waals surface area contributed by atoms with E-state index in [-0.39, 0.29) is 11.7 Å². The largest absolute Gasteiger partial charge is 0.493 e. The monoisotopic (exact) mass is 421 g/mol. The molecule has 160 valence electrons. The average Bonchev–Trinajstić information content (AvgIpc) is 3.37. The van der Waals surface area contributed by atoms with Crippen molar-refractivity contribution >= 4 is 15.9 Å². The van der Waals surface area contributed by atoms with Crippen LogP contribution in [0.4, 0.5) is 0 Å². The van der Waals surface area contributed by atoms with Gasteiger partial charge in [-0.2, -0.15) is 4.31 Å².